The lowest BCUT2D eigenvalue weighted by Gasteiger charge is -2.24. The van der Waals surface area contributed by atoms with Crippen LogP contribution in [0.4, 0.5) is 0 Å². The molecule has 2 amide bonds. The maximum atomic E-state index is 12.7. The first-order valence-corrected chi connectivity index (χ1v) is 8.35. The van der Waals surface area contributed by atoms with Crippen LogP contribution in [0.25, 0.3) is 0 Å². The summed E-state index contributed by atoms with van der Waals surface area (Å²) < 4.78 is 5.39. The number of carbonyl (C=O) groups excluding carboxylic acids is 3. The van der Waals surface area contributed by atoms with Gasteiger partial charge in [-0.25, -0.2) is 4.79 Å². The Kier molecular flexibility index (Phi) is 5.27. The molecule has 0 radical (unpaired) electrons. The van der Waals surface area contributed by atoms with Gasteiger partial charge in [-0.1, -0.05) is 67.2 Å². The molecule has 0 aromatic heterocycles. The van der Waals surface area contributed by atoms with Crippen LogP contribution in [0.5, 0.6) is 0 Å². The van der Waals surface area contributed by atoms with Crippen molar-refractivity contribution in [1.29, 1.82) is 0 Å². The number of nitrogens with zero attached hydrogens (tertiary/aromatic N) is 1. The Morgan fingerprint density at radius 2 is 1.58 bits per heavy atom. The van der Waals surface area contributed by atoms with Gasteiger partial charge in [0.05, 0.1) is 6.42 Å². The van der Waals surface area contributed by atoms with Crippen LogP contribution in [-0.2, 0) is 32.1 Å². The highest BCUT2D eigenvalue weighted by Gasteiger charge is 2.41. The van der Waals surface area contributed by atoms with Crippen LogP contribution >= 0.6 is 0 Å². The summed E-state index contributed by atoms with van der Waals surface area (Å²) in [6, 6.07) is 17.5. The van der Waals surface area contributed by atoms with E-state index in [2.05, 4.69) is 6.58 Å². The highest BCUT2D eigenvalue weighted by molar-refractivity contribution is 6.14. The van der Waals surface area contributed by atoms with Gasteiger partial charge in [0.15, 0.2) is 0 Å². The van der Waals surface area contributed by atoms with Crippen LogP contribution in [-0.4, -0.2) is 28.7 Å². The van der Waals surface area contributed by atoms with Crippen LogP contribution in [0.3, 0.4) is 0 Å². The molecule has 1 atom stereocenters. The first-order valence-electron chi connectivity index (χ1n) is 8.35. The summed E-state index contributed by atoms with van der Waals surface area (Å²) in [5.41, 5.74) is 1.87. The van der Waals surface area contributed by atoms with Crippen molar-refractivity contribution in [2.45, 2.75) is 25.5 Å². The molecule has 1 heterocycles. The van der Waals surface area contributed by atoms with E-state index in [-0.39, 0.29) is 25.0 Å². The number of esters is 1. The molecule has 0 N–H and O–H groups in total. The number of hydrogen-bond donors (Lipinski definition) is 0. The highest BCUT2D eigenvalue weighted by atomic mass is 16.5. The zero-order valence-corrected chi connectivity index (χ0v) is 14.3. The molecule has 5 nitrogen and oxygen atoms in total. The van der Waals surface area contributed by atoms with Crippen molar-refractivity contribution in [2.75, 3.05) is 0 Å². The minimum Gasteiger partial charge on any atom is -0.459 e. The average molecular weight is 349 g/mol. The standard InChI is InChI=1S/C21H19NO4/c1-15-12-19(23)22(20(15)24)18(13-16-8-4-2-5-9-16)21(25)26-14-17-10-6-3-7-11-17/h2-11,18H,1,12-14H2/t18-/m0/s1. The molecule has 1 saturated heterocycles. The predicted octanol–water partition coefficient (Wildman–Crippen LogP) is 2.66. The molecule has 0 bridgehead atoms. The molecule has 132 valence electrons. The van der Waals surface area contributed by atoms with Crippen molar-refractivity contribution < 1.29 is 19.1 Å². The summed E-state index contributed by atoms with van der Waals surface area (Å²) in [6.07, 6.45) is 0.148. The Morgan fingerprint density at radius 3 is 2.12 bits per heavy atom. The van der Waals surface area contributed by atoms with E-state index in [4.69, 9.17) is 4.74 Å². The monoisotopic (exact) mass is 349 g/mol. The van der Waals surface area contributed by atoms with Gasteiger partial charge in [0.2, 0.25) is 5.91 Å². The number of hydrogen-bond acceptors (Lipinski definition) is 4. The fourth-order valence-electron chi connectivity index (χ4n) is 2.88. The van der Waals surface area contributed by atoms with E-state index in [0.717, 1.165) is 16.0 Å². The molecule has 0 unspecified atom stereocenters. The topological polar surface area (TPSA) is 63.7 Å². The molecule has 1 aliphatic heterocycles. The van der Waals surface area contributed by atoms with E-state index in [1.165, 1.54) is 0 Å². The fraction of sp³-hybridized carbons (Fsp3) is 0.190. The van der Waals surface area contributed by atoms with Gasteiger partial charge >= 0.3 is 5.97 Å². The lowest BCUT2D eigenvalue weighted by atomic mass is 10.0. The molecular formula is C21H19NO4. The summed E-state index contributed by atoms with van der Waals surface area (Å²) in [4.78, 5) is 38.3. The minimum atomic E-state index is -1.000. The number of benzene rings is 2. The van der Waals surface area contributed by atoms with E-state index in [1.54, 1.807) is 0 Å². The summed E-state index contributed by atoms with van der Waals surface area (Å²) in [5.74, 6) is -1.53. The fourth-order valence-corrected chi connectivity index (χ4v) is 2.88. The van der Waals surface area contributed by atoms with Gasteiger partial charge in [0.1, 0.15) is 12.6 Å². The Balaban J connectivity index is 1.80. The number of imide groups is 1. The van der Waals surface area contributed by atoms with Crippen LogP contribution < -0.4 is 0 Å². The maximum absolute atomic E-state index is 12.7. The summed E-state index contributed by atoms with van der Waals surface area (Å²) in [7, 11) is 0. The Bertz CT molecular complexity index is 830. The van der Waals surface area contributed by atoms with E-state index >= 15 is 0 Å². The largest absolute Gasteiger partial charge is 0.459 e. The molecule has 0 spiro atoms. The van der Waals surface area contributed by atoms with Gasteiger partial charge in [-0.15, -0.1) is 0 Å². The third-order valence-corrected chi connectivity index (χ3v) is 4.23. The van der Waals surface area contributed by atoms with Gasteiger partial charge in [-0.05, 0) is 11.1 Å². The maximum Gasteiger partial charge on any atom is 0.330 e. The van der Waals surface area contributed by atoms with E-state index in [1.807, 2.05) is 60.7 Å². The van der Waals surface area contributed by atoms with Gasteiger partial charge in [-0.3, -0.25) is 14.5 Å². The van der Waals surface area contributed by atoms with Gasteiger partial charge in [-0.2, -0.15) is 0 Å². The van der Waals surface area contributed by atoms with E-state index in [9.17, 15) is 14.4 Å². The predicted molar refractivity (Wildman–Crippen MR) is 95.8 cm³/mol. The van der Waals surface area contributed by atoms with Crippen molar-refractivity contribution in [3.63, 3.8) is 0 Å². The van der Waals surface area contributed by atoms with Crippen LogP contribution in [0.15, 0.2) is 72.8 Å². The third-order valence-electron chi connectivity index (χ3n) is 4.23. The summed E-state index contributed by atoms with van der Waals surface area (Å²) in [5, 5.41) is 0. The Labute approximate surface area is 151 Å². The van der Waals surface area contributed by atoms with Gasteiger partial charge in [0.25, 0.3) is 5.91 Å². The summed E-state index contributed by atoms with van der Waals surface area (Å²) in [6.45, 7) is 3.70. The number of rotatable bonds is 6. The third kappa shape index (κ3) is 3.88. The molecule has 0 saturated carbocycles. The van der Waals surface area contributed by atoms with E-state index < -0.39 is 23.8 Å². The van der Waals surface area contributed by atoms with Crippen molar-refractivity contribution >= 4 is 17.8 Å². The Hall–Kier alpha value is -3.21. The zero-order chi connectivity index (χ0) is 18.5. The molecule has 3 rings (SSSR count). The van der Waals surface area contributed by atoms with Crippen molar-refractivity contribution in [3.8, 4) is 0 Å². The number of likely N-dealkylation sites (tertiary alicyclic amines) is 1. The smallest absolute Gasteiger partial charge is 0.330 e. The average Bonchev–Trinajstić information content (AvgIpc) is 2.91. The lowest BCUT2D eigenvalue weighted by molar-refractivity contribution is -0.158. The minimum absolute atomic E-state index is 0.0594. The molecular weight excluding hydrogens is 330 g/mol. The van der Waals surface area contributed by atoms with Gasteiger partial charge < -0.3 is 4.74 Å². The number of ether oxygens (including phenoxy) is 1. The number of carbonyl (C=O) groups is 3. The second-order valence-corrected chi connectivity index (χ2v) is 6.15. The van der Waals surface area contributed by atoms with Crippen molar-refractivity contribution in [1.82, 2.24) is 4.90 Å². The molecule has 1 fully saturated rings. The van der Waals surface area contributed by atoms with Crippen LogP contribution in [0.1, 0.15) is 17.5 Å². The normalized spacial score (nSPS) is 15.2. The lowest BCUT2D eigenvalue weighted by Crippen LogP contribution is -2.46. The molecule has 5 heteroatoms. The second kappa shape index (κ2) is 7.78. The Morgan fingerprint density at radius 1 is 1.00 bits per heavy atom. The van der Waals surface area contributed by atoms with Crippen LogP contribution in [0, 0.1) is 0 Å². The highest BCUT2D eigenvalue weighted by Crippen LogP contribution is 2.23. The molecule has 1 aliphatic rings. The number of amides is 2. The zero-order valence-electron chi connectivity index (χ0n) is 14.3. The molecule has 0 aliphatic carbocycles. The van der Waals surface area contributed by atoms with E-state index in [0.29, 0.717) is 0 Å². The van der Waals surface area contributed by atoms with Crippen molar-refractivity contribution in [3.05, 3.63) is 83.9 Å². The SMILES string of the molecule is C=C1CC(=O)N([C@@H](Cc2ccccc2)C(=O)OCc2ccccc2)C1=O. The molecule has 26 heavy (non-hydrogen) atoms. The summed E-state index contributed by atoms with van der Waals surface area (Å²) >= 11 is 0. The quantitative estimate of drug-likeness (QED) is 0.457. The molecule has 2 aromatic rings. The first-order chi connectivity index (χ1) is 12.6. The second-order valence-electron chi connectivity index (χ2n) is 6.15. The van der Waals surface area contributed by atoms with Gasteiger partial charge in [0, 0.05) is 12.0 Å². The van der Waals surface area contributed by atoms with Crippen LogP contribution in [0.2, 0.25) is 0 Å². The first kappa shape index (κ1) is 17.6. The molecule has 2 aromatic carbocycles. The van der Waals surface area contributed by atoms with Crippen molar-refractivity contribution in [2.24, 2.45) is 0 Å².